The number of anilines is 1. The van der Waals surface area contributed by atoms with Crippen molar-refractivity contribution in [2.24, 2.45) is 0 Å². The molecule has 1 heterocycles. The van der Waals surface area contributed by atoms with Gasteiger partial charge < -0.3 is 10.0 Å². The van der Waals surface area contributed by atoms with Gasteiger partial charge in [-0.15, -0.1) is 0 Å². The Morgan fingerprint density at radius 1 is 1.14 bits per heavy atom. The number of Topliss-reactive ketones (excluding diaryl/α,β-unsaturated/α-hetero) is 1. The van der Waals surface area contributed by atoms with Crippen LogP contribution in [-0.4, -0.2) is 23.3 Å². The molecule has 0 aromatic heterocycles. The summed E-state index contributed by atoms with van der Waals surface area (Å²) < 4.78 is 0.762. The molecule has 3 rings (SSSR count). The summed E-state index contributed by atoms with van der Waals surface area (Å²) in [4.78, 5) is 27.6. The zero-order chi connectivity index (χ0) is 20.7. The van der Waals surface area contributed by atoms with Crippen molar-refractivity contribution in [1.29, 1.82) is 0 Å². The lowest BCUT2D eigenvalue weighted by Gasteiger charge is -2.23. The van der Waals surface area contributed by atoms with E-state index in [2.05, 4.69) is 36.7 Å². The Hall–Kier alpha value is -1.98. The molecule has 28 heavy (non-hydrogen) atoms. The van der Waals surface area contributed by atoms with Crippen LogP contribution in [0.4, 0.5) is 5.69 Å². The van der Waals surface area contributed by atoms with Crippen molar-refractivity contribution in [2.45, 2.75) is 51.6 Å². The average Bonchev–Trinajstić information content (AvgIpc) is 2.83. The minimum Gasteiger partial charge on any atom is -0.375 e. The maximum absolute atomic E-state index is 13.0. The number of carbonyl (C=O) groups is 2. The van der Waals surface area contributed by atoms with Crippen molar-refractivity contribution < 1.29 is 14.7 Å². The van der Waals surface area contributed by atoms with Gasteiger partial charge in [0.2, 0.25) is 0 Å². The van der Waals surface area contributed by atoms with Crippen LogP contribution in [0.25, 0.3) is 0 Å². The van der Waals surface area contributed by atoms with E-state index in [1.165, 1.54) is 0 Å². The quantitative estimate of drug-likeness (QED) is 0.663. The predicted octanol–water partition coefficient (Wildman–Crippen LogP) is 4.96. The van der Waals surface area contributed by atoms with Crippen molar-refractivity contribution in [1.82, 2.24) is 0 Å². The molecule has 0 saturated heterocycles. The molecule has 1 atom stereocenters. The molecule has 0 saturated carbocycles. The second-order valence-corrected chi connectivity index (χ2v) is 9.32. The summed E-state index contributed by atoms with van der Waals surface area (Å²) in [5, 5.41) is 11.3. The zero-order valence-electron chi connectivity index (χ0n) is 16.8. The molecular weight excluding hydrogens is 418 g/mol. The standard InChI is InChI=1S/C23H26BrNO3/c1-5-12-25-19-11-10-17(24)13-18(19)23(28,21(25)27)14-20(26)15-6-8-16(9-7-15)22(2,3)4/h6-11,13,28H,5,12,14H2,1-4H3/t23-/m0/s1. The molecule has 1 aliphatic rings. The summed E-state index contributed by atoms with van der Waals surface area (Å²) in [5.41, 5.74) is 0.942. The Balaban J connectivity index is 1.93. The van der Waals surface area contributed by atoms with Crippen LogP contribution in [-0.2, 0) is 15.8 Å². The molecule has 0 aliphatic carbocycles. The van der Waals surface area contributed by atoms with E-state index in [9.17, 15) is 14.7 Å². The monoisotopic (exact) mass is 443 g/mol. The molecule has 0 spiro atoms. The van der Waals surface area contributed by atoms with Crippen LogP contribution in [0.5, 0.6) is 0 Å². The lowest BCUT2D eigenvalue weighted by Crippen LogP contribution is -2.42. The summed E-state index contributed by atoms with van der Waals surface area (Å²) in [5.74, 6) is -0.678. The van der Waals surface area contributed by atoms with Crippen LogP contribution in [0.2, 0.25) is 0 Å². The van der Waals surface area contributed by atoms with E-state index in [4.69, 9.17) is 0 Å². The number of carbonyl (C=O) groups excluding carboxylic acids is 2. The number of amides is 1. The predicted molar refractivity (Wildman–Crippen MR) is 115 cm³/mol. The zero-order valence-corrected chi connectivity index (χ0v) is 18.3. The van der Waals surface area contributed by atoms with Crippen LogP contribution < -0.4 is 4.90 Å². The summed E-state index contributed by atoms with van der Waals surface area (Å²) in [6.07, 6.45) is 0.490. The first-order valence-electron chi connectivity index (χ1n) is 9.56. The van der Waals surface area contributed by atoms with Crippen LogP contribution in [0.1, 0.15) is 62.0 Å². The lowest BCUT2D eigenvalue weighted by molar-refractivity contribution is -0.135. The summed E-state index contributed by atoms with van der Waals surface area (Å²) in [7, 11) is 0. The fraction of sp³-hybridized carbons (Fsp3) is 0.391. The van der Waals surface area contributed by atoms with Crippen molar-refractivity contribution in [3.63, 3.8) is 0 Å². The molecule has 4 nitrogen and oxygen atoms in total. The molecule has 0 radical (unpaired) electrons. The largest absolute Gasteiger partial charge is 0.375 e. The first kappa shape index (κ1) is 20.7. The van der Waals surface area contributed by atoms with E-state index in [0.29, 0.717) is 23.4 Å². The fourth-order valence-corrected chi connectivity index (χ4v) is 3.99. The second kappa shape index (κ2) is 7.45. The fourth-order valence-electron chi connectivity index (χ4n) is 3.63. The van der Waals surface area contributed by atoms with Gasteiger partial charge in [0, 0.05) is 22.1 Å². The van der Waals surface area contributed by atoms with Gasteiger partial charge in [-0.25, -0.2) is 0 Å². The van der Waals surface area contributed by atoms with Gasteiger partial charge in [0.25, 0.3) is 5.91 Å². The molecule has 0 unspecified atom stereocenters. The number of benzene rings is 2. The molecule has 1 aliphatic heterocycles. The van der Waals surface area contributed by atoms with E-state index in [-0.39, 0.29) is 17.6 Å². The van der Waals surface area contributed by atoms with Crippen LogP contribution in [0.15, 0.2) is 46.9 Å². The molecule has 2 aromatic rings. The summed E-state index contributed by atoms with van der Waals surface area (Å²) in [6.45, 7) is 8.82. The number of aliphatic hydroxyl groups is 1. The highest BCUT2D eigenvalue weighted by Gasteiger charge is 2.50. The van der Waals surface area contributed by atoms with E-state index in [0.717, 1.165) is 16.5 Å². The molecular formula is C23H26BrNO3. The Labute approximate surface area is 174 Å². The average molecular weight is 444 g/mol. The first-order chi connectivity index (χ1) is 13.1. The van der Waals surface area contributed by atoms with Gasteiger partial charge >= 0.3 is 0 Å². The van der Waals surface area contributed by atoms with Crippen LogP contribution >= 0.6 is 15.9 Å². The summed E-state index contributed by atoms with van der Waals surface area (Å²) >= 11 is 3.41. The van der Waals surface area contributed by atoms with Gasteiger partial charge in [0.05, 0.1) is 12.1 Å². The normalized spacial score (nSPS) is 19.1. The van der Waals surface area contributed by atoms with Gasteiger partial charge in [-0.1, -0.05) is 67.9 Å². The Kier molecular flexibility index (Phi) is 5.52. The maximum atomic E-state index is 13.0. The summed E-state index contributed by atoms with van der Waals surface area (Å²) in [6, 6.07) is 12.8. The topological polar surface area (TPSA) is 57.6 Å². The van der Waals surface area contributed by atoms with Gasteiger partial charge in [-0.2, -0.15) is 0 Å². The molecule has 1 N–H and O–H groups in total. The number of halogens is 1. The minimum absolute atomic E-state index is 0.00688. The Bertz CT molecular complexity index is 914. The van der Waals surface area contributed by atoms with E-state index >= 15 is 0 Å². The highest BCUT2D eigenvalue weighted by atomic mass is 79.9. The molecule has 0 bridgehead atoms. The first-order valence-corrected chi connectivity index (χ1v) is 10.4. The number of fused-ring (bicyclic) bond motifs is 1. The lowest BCUT2D eigenvalue weighted by atomic mass is 9.85. The highest BCUT2D eigenvalue weighted by Crippen LogP contribution is 2.44. The minimum atomic E-state index is -1.84. The molecule has 0 fully saturated rings. The van der Waals surface area contributed by atoms with Gasteiger partial charge in [0.1, 0.15) is 0 Å². The van der Waals surface area contributed by atoms with Crippen molar-refractivity contribution in [3.8, 4) is 0 Å². The van der Waals surface area contributed by atoms with Gasteiger partial charge in [-0.05, 0) is 35.6 Å². The van der Waals surface area contributed by atoms with Crippen molar-refractivity contribution in [3.05, 3.63) is 63.6 Å². The Morgan fingerprint density at radius 3 is 2.36 bits per heavy atom. The van der Waals surface area contributed by atoms with Crippen molar-refractivity contribution in [2.75, 3.05) is 11.4 Å². The van der Waals surface area contributed by atoms with Gasteiger partial charge in [-0.3, -0.25) is 9.59 Å². The third kappa shape index (κ3) is 3.65. The molecule has 5 heteroatoms. The number of ketones is 1. The second-order valence-electron chi connectivity index (χ2n) is 8.41. The van der Waals surface area contributed by atoms with E-state index in [1.807, 2.05) is 31.2 Å². The van der Waals surface area contributed by atoms with Crippen molar-refractivity contribution >= 4 is 33.3 Å². The Morgan fingerprint density at radius 2 is 1.79 bits per heavy atom. The number of rotatable bonds is 5. The molecule has 2 aromatic carbocycles. The number of hydrogen-bond acceptors (Lipinski definition) is 3. The third-order valence-corrected chi connectivity index (χ3v) is 5.72. The number of nitrogens with zero attached hydrogens (tertiary/aromatic N) is 1. The highest BCUT2D eigenvalue weighted by molar-refractivity contribution is 9.10. The van der Waals surface area contributed by atoms with Crippen LogP contribution in [0, 0.1) is 0 Å². The van der Waals surface area contributed by atoms with Crippen LogP contribution in [0.3, 0.4) is 0 Å². The number of hydrogen-bond donors (Lipinski definition) is 1. The molecule has 1 amide bonds. The molecule has 148 valence electrons. The smallest absolute Gasteiger partial charge is 0.264 e. The van der Waals surface area contributed by atoms with E-state index < -0.39 is 11.5 Å². The van der Waals surface area contributed by atoms with Gasteiger partial charge in [0.15, 0.2) is 11.4 Å². The maximum Gasteiger partial charge on any atom is 0.264 e. The van der Waals surface area contributed by atoms with E-state index in [1.54, 1.807) is 23.1 Å². The third-order valence-electron chi connectivity index (χ3n) is 5.23. The SMILES string of the molecule is CCCN1C(=O)[C@](O)(CC(=O)c2ccc(C(C)(C)C)cc2)c2cc(Br)ccc21.